The average molecular weight is 284 g/mol. The van der Waals surface area contributed by atoms with Gasteiger partial charge in [-0.2, -0.15) is 0 Å². The standard InChI is InChI=1S/C10H20O9/c11-1-4(13)5(14)3-18-10-9(17)8(16)7(15)6(2-12)19-10/h4-17H,1-3H2/t4-,5-,6-,7-,8+,9-,10-/m1/s1. The lowest BCUT2D eigenvalue weighted by atomic mass is 9.99. The number of aliphatic hydroxyl groups is 7. The molecule has 19 heavy (non-hydrogen) atoms. The molecule has 0 unspecified atom stereocenters. The fraction of sp³-hybridized carbons (Fsp3) is 1.00. The van der Waals surface area contributed by atoms with Crippen LogP contribution in [0.5, 0.6) is 0 Å². The van der Waals surface area contributed by atoms with Crippen LogP contribution in [-0.4, -0.2) is 98.5 Å². The summed E-state index contributed by atoms with van der Waals surface area (Å²) in [6, 6.07) is 0. The quantitative estimate of drug-likeness (QED) is 0.255. The van der Waals surface area contributed by atoms with Gasteiger partial charge in [-0.1, -0.05) is 0 Å². The largest absolute Gasteiger partial charge is 0.394 e. The molecule has 1 rings (SSSR count). The first kappa shape index (κ1) is 16.7. The second-order valence-corrected chi connectivity index (χ2v) is 4.35. The fourth-order valence-electron chi connectivity index (χ4n) is 1.63. The third kappa shape index (κ3) is 4.05. The van der Waals surface area contributed by atoms with Crippen LogP contribution in [0.1, 0.15) is 0 Å². The van der Waals surface area contributed by atoms with Crippen LogP contribution >= 0.6 is 0 Å². The predicted molar refractivity (Wildman–Crippen MR) is 58.8 cm³/mol. The van der Waals surface area contributed by atoms with Gasteiger partial charge in [-0.25, -0.2) is 0 Å². The molecule has 114 valence electrons. The minimum Gasteiger partial charge on any atom is -0.394 e. The van der Waals surface area contributed by atoms with Crippen LogP contribution in [0.2, 0.25) is 0 Å². The summed E-state index contributed by atoms with van der Waals surface area (Å²) in [6.07, 6.45) is -9.94. The monoisotopic (exact) mass is 284 g/mol. The first-order valence-corrected chi connectivity index (χ1v) is 5.81. The van der Waals surface area contributed by atoms with Gasteiger partial charge in [0, 0.05) is 0 Å². The first-order chi connectivity index (χ1) is 8.92. The molecule has 7 atom stereocenters. The van der Waals surface area contributed by atoms with Crippen molar-refractivity contribution in [2.75, 3.05) is 19.8 Å². The van der Waals surface area contributed by atoms with Crippen molar-refractivity contribution in [2.24, 2.45) is 0 Å². The normalized spacial score (nSPS) is 39.0. The van der Waals surface area contributed by atoms with E-state index in [1.54, 1.807) is 0 Å². The molecule has 0 aromatic heterocycles. The van der Waals surface area contributed by atoms with E-state index in [9.17, 15) is 20.4 Å². The van der Waals surface area contributed by atoms with Crippen molar-refractivity contribution in [3.63, 3.8) is 0 Å². The van der Waals surface area contributed by atoms with Crippen LogP contribution in [0.25, 0.3) is 0 Å². The summed E-state index contributed by atoms with van der Waals surface area (Å²) >= 11 is 0. The average Bonchev–Trinajstić information content (AvgIpc) is 2.42. The van der Waals surface area contributed by atoms with Gasteiger partial charge >= 0.3 is 0 Å². The predicted octanol–water partition coefficient (Wildman–Crippen LogP) is -4.48. The van der Waals surface area contributed by atoms with Crippen molar-refractivity contribution >= 4 is 0 Å². The lowest BCUT2D eigenvalue weighted by Crippen LogP contribution is -2.59. The van der Waals surface area contributed by atoms with Crippen molar-refractivity contribution < 1.29 is 45.2 Å². The number of hydrogen-bond acceptors (Lipinski definition) is 9. The van der Waals surface area contributed by atoms with E-state index >= 15 is 0 Å². The van der Waals surface area contributed by atoms with Gasteiger partial charge in [0.1, 0.15) is 36.6 Å². The molecule has 1 aliphatic heterocycles. The molecule has 1 heterocycles. The number of aliphatic hydroxyl groups excluding tert-OH is 7. The van der Waals surface area contributed by atoms with Crippen molar-refractivity contribution in [1.29, 1.82) is 0 Å². The van der Waals surface area contributed by atoms with E-state index in [-0.39, 0.29) is 0 Å². The second-order valence-electron chi connectivity index (χ2n) is 4.35. The zero-order chi connectivity index (χ0) is 14.6. The van der Waals surface area contributed by atoms with Crippen LogP contribution in [0.15, 0.2) is 0 Å². The molecule has 1 fully saturated rings. The van der Waals surface area contributed by atoms with Crippen LogP contribution in [0, 0.1) is 0 Å². The molecular weight excluding hydrogens is 264 g/mol. The molecule has 7 N–H and O–H groups in total. The van der Waals surface area contributed by atoms with Gasteiger partial charge in [0.2, 0.25) is 0 Å². The molecule has 9 heteroatoms. The molecule has 0 saturated carbocycles. The Bertz CT molecular complexity index is 261. The summed E-state index contributed by atoms with van der Waals surface area (Å²) in [4.78, 5) is 0. The van der Waals surface area contributed by atoms with E-state index in [2.05, 4.69) is 0 Å². The fourth-order valence-corrected chi connectivity index (χ4v) is 1.63. The maximum Gasteiger partial charge on any atom is 0.186 e. The summed E-state index contributed by atoms with van der Waals surface area (Å²) in [5.41, 5.74) is 0. The first-order valence-electron chi connectivity index (χ1n) is 5.81. The van der Waals surface area contributed by atoms with E-state index in [4.69, 9.17) is 24.8 Å². The molecule has 0 spiro atoms. The van der Waals surface area contributed by atoms with Crippen LogP contribution in [-0.2, 0) is 9.47 Å². The summed E-state index contributed by atoms with van der Waals surface area (Å²) < 4.78 is 9.96. The van der Waals surface area contributed by atoms with E-state index in [1.807, 2.05) is 0 Å². The molecule has 0 aromatic rings. The second kappa shape index (κ2) is 7.43. The Kier molecular flexibility index (Phi) is 6.53. The Hall–Kier alpha value is -0.360. The molecular formula is C10H20O9. The molecule has 0 bridgehead atoms. The molecule has 1 aliphatic rings. The van der Waals surface area contributed by atoms with Gasteiger partial charge in [-0.05, 0) is 0 Å². The van der Waals surface area contributed by atoms with Gasteiger partial charge in [0.15, 0.2) is 6.29 Å². The highest BCUT2D eigenvalue weighted by Gasteiger charge is 2.44. The Labute approximate surface area is 109 Å². The Morgan fingerprint density at radius 2 is 1.58 bits per heavy atom. The van der Waals surface area contributed by atoms with E-state index < -0.39 is 62.7 Å². The van der Waals surface area contributed by atoms with Gasteiger partial charge in [-0.15, -0.1) is 0 Å². The van der Waals surface area contributed by atoms with Gasteiger partial charge in [-0.3, -0.25) is 0 Å². The highest BCUT2D eigenvalue weighted by Crippen LogP contribution is 2.22. The van der Waals surface area contributed by atoms with Crippen molar-refractivity contribution in [3.8, 4) is 0 Å². The summed E-state index contributed by atoms with van der Waals surface area (Å²) in [5.74, 6) is 0. The number of hydrogen-bond donors (Lipinski definition) is 7. The molecule has 9 nitrogen and oxygen atoms in total. The minimum absolute atomic E-state index is 0.468. The lowest BCUT2D eigenvalue weighted by Gasteiger charge is -2.39. The van der Waals surface area contributed by atoms with Gasteiger partial charge in [0.05, 0.1) is 19.8 Å². The molecule has 0 aromatic carbocycles. The molecule has 0 radical (unpaired) electrons. The number of rotatable bonds is 6. The maximum atomic E-state index is 9.59. The van der Waals surface area contributed by atoms with E-state index in [0.717, 1.165) is 0 Å². The van der Waals surface area contributed by atoms with Gasteiger partial charge < -0.3 is 45.2 Å². The molecule has 0 amide bonds. The highest BCUT2D eigenvalue weighted by molar-refractivity contribution is 4.89. The minimum atomic E-state index is -1.57. The summed E-state index contributed by atoms with van der Waals surface area (Å²) in [7, 11) is 0. The van der Waals surface area contributed by atoms with E-state index in [0.29, 0.717) is 0 Å². The Balaban J connectivity index is 2.52. The smallest absolute Gasteiger partial charge is 0.186 e. The summed E-state index contributed by atoms with van der Waals surface area (Å²) in [5, 5.41) is 64.5. The van der Waals surface area contributed by atoms with Crippen LogP contribution < -0.4 is 0 Å². The highest BCUT2D eigenvalue weighted by atomic mass is 16.7. The van der Waals surface area contributed by atoms with E-state index in [1.165, 1.54) is 0 Å². The Morgan fingerprint density at radius 1 is 0.947 bits per heavy atom. The third-order valence-corrected chi connectivity index (χ3v) is 2.91. The summed E-state index contributed by atoms with van der Waals surface area (Å²) in [6.45, 7) is -1.73. The van der Waals surface area contributed by atoms with Crippen molar-refractivity contribution in [2.45, 2.75) is 42.9 Å². The maximum absolute atomic E-state index is 9.59. The van der Waals surface area contributed by atoms with Crippen LogP contribution in [0.4, 0.5) is 0 Å². The third-order valence-electron chi connectivity index (χ3n) is 2.91. The van der Waals surface area contributed by atoms with Crippen molar-refractivity contribution in [3.05, 3.63) is 0 Å². The zero-order valence-electron chi connectivity index (χ0n) is 10.1. The lowest BCUT2D eigenvalue weighted by molar-refractivity contribution is -0.306. The van der Waals surface area contributed by atoms with Gasteiger partial charge in [0.25, 0.3) is 0 Å². The SMILES string of the molecule is OC[C@@H](O)[C@H](O)CO[C@@H]1O[C@H](CO)[C@@H](O)[C@H](O)[C@H]1O. The topological polar surface area (TPSA) is 160 Å². The Morgan fingerprint density at radius 3 is 2.11 bits per heavy atom. The zero-order valence-corrected chi connectivity index (χ0v) is 10.1. The molecule has 0 aliphatic carbocycles. The van der Waals surface area contributed by atoms with Crippen LogP contribution in [0.3, 0.4) is 0 Å². The number of ether oxygens (including phenoxy) is 2. The molecule has 1 saturated heterocycles. The van der Waals surface area contributed by atoms with Crippen molar-refractivity contribution in [1.82, 2.24) is 0 Å².